The Bertz CT molecular complexity index is 343. The Labute approximate surface area is 108 Å². The molecule has 2 N–H and O–H groups in total. The van der Waals surface area contributed by atoms with Crippen molar-refractivity contribution in [2.75, 3.05) is 13.7 Å². The summed E-state index contributed by atoms with van der Waals surface area (Å²) in [7, 11) is 1.61. The summed E-state index contributed by atoms with van der Waals surface area (Å²) in [6.45, 7) is 0.976. The summed E-state index contributed by atoms with van der Waals surface area (Å²) in [5.74, 6) is 0.704. The number of halogens is 1. The maximum Gasteiger partial charge on any atom is 0.127 e. The summed E-state index contributed by atoms with van der Waals surface area (Å²) in [6.07, 6.45) is 6.16. The average Bonchev–Trinajstić information content (AvgIpc) is 2.39. The summed E-state index contributed by atoms with van der Waals surface area (Å²) in [4.78, 5) is 4.04. The van der Waals surface area contributed by atoms with E-state index in [0.29, 0.717) is 5.75 Å². The predicted molar refractivity (Wildman–Crippen MR) is 68.6 cm³/mol. The molecule has 1 saturated heterocycles. The number of nitrogens with zero attached hydrogens (tertiary/aromatic N) is 1. The first kappa shape index (κ1) is 14.2. The van der Waals surface area contributed by atoms with Gasteiger partial charge in [-0.1, -0.05) is 6.42 Å². The zero-order valence-electron chi connectivity index (χ0n) is 9.93. The highest BCUT2D eigenvalue weighted by Gasteiger charge is 2.25. The number of hydrogen-bond donors (Lipinski definition) is 2. The molecule has 0 spiro atoms. The van der Waals surface area contributed by atoms with E-state index in [0.717, 1.165) is 24.9 Å². The molecule has 1 fully saturated rings. The van der Waals surface area contributed by atoms with Gasteiger partial charge in [0.15, 0.2) is 0 Å². The third-order valence-corrected chi connectivity index (χ3v) is 3.08. The molecule has 2 atom stereocenters. The molecular formula is C12H19ClN2O2. The molecule has 1 aromatic rings. The van der Waals surface area contributed by atoms with Crippen LogP contribution in [0.1, 0.15) is 30.9 Å². The Balaban J connectivity index is 0.00000144. The molecule has 0 amide bonds. The lowest BCUT2D eigenvalue weighted by molar-refractivity contribution is 0.110. The lowest BCUT2D eigenvalue weighted by Gasteiger charge is -2.28. The molecule has 1 unspecified atom stereocenters. The zero-order chi connectivity index (χ0) is 11.4. The van der Waals surface area contributed by atoms with Gasteiger partial charge in [-0.2, -0.15) is 0 Å². The number of piperidine rings is 1. The molecule has 0 radical (unpaired) electrons. The second-order valence-electron chi connectivity index (χ2n) is 4.12. The van der Waals surface area contributed by atoms with Gasteiger partial charge in [0.1, 0.15) is 5.75 Å². The standard InChI is InChI=1S/C12H18N2O2.ClH/c1-16-11-5-7-13-8-9(11)12(15)10-4-2-3-6-14-10;/h5,7-8,10,12,14-15H,2-4,6H2,1H3;1H/t10-,12?;/m0./s1. The smallest absolute Gasteiger partial charge is 0.127 e. The minimum atomic E-state index is -0.538. The quantitative estimate of drug-likeness (QED) is 0.866. The van der Waals surface area contributed by atoms with Crippen LogP contribution >= 0.6 is 12.4 Å². The van der Waals surface area contributed by atoms with Gasteiger partial charge in [-0.25, -0.2) is 0 Å². The number of methoxy groups -OCH3 is 1. The SMILES string of the molecule is COc1ccncc1C(O)[C@@H]1CCCCN1.Cl. The third kappa shape index (κ3) is 3.31. The molecule has 17 heavy (non-hydrogen) atoms. The number of aliphatic hydroxyl groups is 1. The van der Waals surface area contributed by atoms with Crippen molar-refractivity contribution in [1.82, 2.24) is 10.3 Å². The van der Waals surface area contributed by atoms with Crippen molar-refractivity contribution >= 4 is 12.4 Å². The van der Waals surface area contributed by atoms with Gasteiger partial charge < -0.3 is 15.2 Å². The normalized spacial score (nSPS) is 21.4. The molecule has 2 heterocycles. The second kappa shape index (κ2) is 6.79. The fourth-order valence-corrected chi connectivity index (χ4v) is 2.17. The number of nitrogens with one attached hydrogen (secondary N) is 1. The molecule has 0 bridgehead atoms. The summed E-state index contributed by atoms with van der Waals surface area (Å²) in [5.41, 5.74) is 0.768. The fraction of sp³-hybridized carbons (Fsp3) is 0.583. The molecule has 1 aliphatic heterocycles. The Morgan fingerprint density at radius 2 is 2.35 bits per heavy atom. The Hall–Kier alpha value is -0.840. The highest BCUT2D eigenvalue weighted by Crippen LogP contribution is 2.28. The number of hydrogen-bond acceptors (Lipinski definition) is 4. The number of aromatic nitrogens is 1. The number of pyridine rings is 1. The van der Waals surface area contributed by atoms with E-state index in [9.17, 15) is 5.11 Å². The van der Waals surface area contributed by atoms with Gasteiger partial charge in [-0.3, -0.25) is 4.98 Å². The highest BCUT2D eigenvalue weighted by molar-refractivity contribution is 5.85. The predicted octanol–water partition coefficient (Wildman–Crippen LogP) is 1.69. The first-order chi connectivity index (χ1) is 7.83. The van der Waals surface area contributed by atoms with E-state index in [1.54, 1.807) is 25.6 Å². The highest BCUT2D eigenvalue weighted by atomic mass is 35.5. The molecule has 1 aliphatic rings. The van der Waals surface area contributed by atoms with Crippen LogP contribution in [0.25, 0.3) is 0 Å². The number of aliphatic hydroxyl groups excluding tert-OH is 1. The molecular weight excluding hydrogens is 240 g/mol. The molecule has 1 aromatic heterocycles. The first-order valence-corrected chi connectivity index (χ1v) is 5.72. The van der Waals surface area contributed by atoms with Crippen LogP contribution in [0.2, 0.25) is 0 Å². The van der Waals surface area contributed by atoms with Crippen molar-refractivity contribution in [3.8, 4) is 5.75 Å². The third-order valence-electron chi connectivity index (χ3n) is 3.08. The van der Waals surface area contributed by atoms with Crippen LogP contribution in [0.4, 0.5) is 0 Å². The molecule has 2 rings (SSSR count). The van der Waals surface area contributed by atoms with Crippen molar-refractivity contribution < 1.29 is 9.84 Å². The number of ether oxygens (including phenoxy) is 1. The van der Waals surface area contributed by atoms with Crippen LogP contribution in [0.5, 0.6) is 5.75 Å². The summed E-state index contributed by atoms with van der Waals surface area (Å²) >= 11 is 0. The van der Waals surface area contributed by atoms with Gasteiger partial charge >= 0.3 is 0 Å². The summed E-state index contributed by atoms with van der Waals surface area (Å²) < 4.78 is 5.23. The van der Waals surface area contributed by atoms with Gasteiger partial charge in [0.25, 0.3) is 0 Å². The van der Waals surface area contributed by atoms with Crippen molar-refractivity contribution in [1.29, 1.82) is 0 Å². The van der Waals surface area contributed by atoms with Crippen LogP contribution in [-0.4, -0.2) is 29.8 Å². The maximum atomic E-state index is 10.3. The van der Waals surface area contributed by atoms with Crippen LogP contribution in [-0.2, 0) is 0 Å². The van der Waals surface area contributed by atoms with Crippen molar-refractivity contribution in [2.24, 2.45) is 0 Å². The van der Waals surface area contributed by atoms with E-state index in [1.165, 1.54) is 6.42 Å². The Kier molecular flexibility index (Phi) is 5.68. The molecule has 5 heteroatoms. The minimum Gasteiger partial charge on any atom is -0.496 e. The Morgan fingerprint density at radius 3 is 3.00 bits per heavy atom. The molecule has 0 saturated carbocycles. The molecule has 96 valence electrons. The van der Waals surface area contributed by atoms with Crippen molar-refractivity contribution in [2.45, 2.75) is 31.4 Å². The number of rotatable bonds is 3. The fourth-order valence-electron chi connectivity index (χ4n) is 2.17. The Morgan fingerprint density at radius 1 is 1.53 bits per heavy atom. The van der Waals surface area contributed by atoms with Gasteiger partial charge in [-0.15, -0.1) is 12.4 Å². The zero-order valence-corrected chi connectivity index (χ0v) is 10.7. The van der Waals surface area contributed by atoms with Gasteiger partial charge in [0.05, 0.1) is 13.2 Å². The molecule has 0 aromatic carbocycles. The second-order valence-corrected chi connectivity index (χ2v) is 4.12. The largest absolute Gasteiger partial charge is 0.496 e. The van der Waals surface area contributed by atoms with Crippen molar-refractivity contribution in [3.63, 3.8) is 0 Å². The van der Waals surface area contributed by atoms with Crippen molar-refractivity contribution in [3.05, 3.63) is 24.0 Å². The maximum absolute atomic E-state index is 10.3. The van der Waals surface area contributed by atoms with E-state index in [4.69, 9.17) is 4.74 Å². The molecule has 0 aliphatic carbocycles. The van der Waals surface area contributed by atoms with Crippen LogP contribution in [0.15, 0.2) is 18.5 Å². The average molecular weight is 259 g/mol. The minimum absolute atomic E-state index is 0. The first-order valence-electron chi connectivity index (χ1n) is 5.72. The summed E-state index contributed by atoms with van der Waals surface area (Å²) in [5, 5.41) is 13.6. The van der Waals surface area contributed by atoms with E-state index >= 15 is 0 Å². The van der Waals surface area contributed by atoms with E-state index in [2.05, 4.69) is 10.3 Å². The van der Waals surface area contributed by atoms with Crippen LogP contribution < -0.4 is 10.1 Å². The van der Waals surface area contributed by atoms with Crippen LogP contribution in [0.3, 0.4) is 0 Å². The van der Waals surface area contributed by atoms with Gasteiger partial charge in [0, 0.05) is 24.0 Å². The van der Waals surface area contributed by atoms with Gasteiger partial charge in [0.2, 0.25) is 0 Å². The monoisotopic (exact) mass is 258 g/mol. The lowest BCUT2D eigenvalue weighted by Crippen LogP contribution is -2.38. The molecule has 4 nitrogen and oxygen atoms in total. The summed E-state index contributed by atoms with van der Waals surface area (Å²) in [6, 6.07) is 1.90. The lowest BCUT2D eigenvalue weighted by atomic mass is 9.95. The van der Waals surface area contributed by atoms with Gasteiger partial charge in [-0.05, 0) is 25.5 Å². The van der Waals surface area contributed by atoms with E-state index in [1.807, 2.05) is 0 Å². The van der Waals surface area contributed by atoms with Crippen LogP contribution in [0, 0.1) is 0 Å². The van der Waals surface area contributed by atoms with E-state index in [-0.39, 0.29) is 18.4 Å². The topological polar surface area (TPSA) is 54.4 Å². The van der Waals surface area contributed by atoms with E-state index < -0.39 is 6.10 Å².